The first-order valence-corrected chi connectivity index (χ1v) is 8.27. The van der Waals surface area contributed by atoms with Gasteiger partial charge in [-0.05, 0) is 24.3 Å². The molecule has 0 aliphatic carbocycles. The van der Waals surface area contributed by atoms with Gasteiger partial charge in [-0.1, -0.05) is 0 Å². The van der Waals surface area contributed by atoms with Crippen LogP contribution >= 0.6 is 0 Å². The van der Waals surface area contributed by atoms with E-state index in [1.54, 1.807) is 25.3 Å². The number of methoxy groups -OCH3 is 2. The molecule has 28 heavy (non-hydrogen) atoms. The zero-order valence-electron chi connectivity index (χ0n) is 15.4. The zero-order valence-corrected chi connectivity index (χ0v) is 15.4. The van der Waals surface area contributed by atoms with Crippen molar-refractivity contribution in [2.45, 2.75) is 0 Å². The maximum Gasteiger partial charge on any atom is 0.254 e. The van der Waals surface area contributed by atoms with Crippen LogP contribution in [-0.4, -0.2) is 45.8 Å². The lowest BCUT2D eigenvalue weighted by atomic mass is 10.2. The van der Waals surface area contributed by atoms with E-state index in [9.17, 15) is 18.4 Å². The average molecular weight is 394 g/mol. The molecule has 0 fully saturated rings. The second-order valence-corrected chi connectivity index (χ2v) is 5.56. The number of hydrogen-bond donors (Lipinski definition) is 2. The van der Waals surface area contributed by atoms with Gasteiger partial charge in [0.2, 0.25) is 5.91 Å². The largest absolute Gasteiger partial charge is 0.493 e. The van der Waals surface area contributed by atoms with E-state index < -0.39 is 30.0 Å². The average Bonchev–Trinajstić information content (AvgIpc) is 2.66. The van der Waals surface area contributed by atoms with Crippen LogP contribution in [0.25, 0.3) is 0 Å². The molecule has 0 unspecified atom stereocenters. The quantitative estimate of drug-likeness (QED) is 0.638. The summed E-state index contributed by atoms with van der Waals surface area (Å²) in [6.07, 6.45) is 0. The molecule has 0 atom stereocenters. The van der Waals surface area contributed by atoms with Crippen LogP contribution in [0.5, 0.6) is 11.5 Å². The van der Waals surface area contributed by atoms with Crippen LogP contribution in [0.15, 0.2) is 36.4 Å². The van der Waals surface area contributed by atoms with Crippen molar-refractivity contribution in [3.8, 4) is 11.5 Å². The second-order valence-electron chi connectivity index (χ2n) is 5.56. The van der Waals surface area contributed by atoms with Crippen molar-refractivity contribution < 1.29 is 32.6 Å². The Kier molecular flexibility index (Phi) is 7.70. The molecule has 2 N–H and O–H groups in total. The maximum atomic E-state index is 13.6. The summed E-state index contributed by atoms with van der Waals surface area (Å²) in [6, 6.07) is 7.34. The van der Waals surface area contributed by atoms with Crippen LogP contribution in [0.2, 0.25) is 0 Å². The summed E-state index contributed by atoms with van der Waals surface area (Å²) in [5.74, 6) is -2.28. The summed E-state index contributed by atoms with van der Waals surface area (Å²) < 4.78 is 42.1. The molecular formula is C19H20F2N2O5. The van der Waals surface area contributed by atoms with Crippen molar-refractivity contribution in [2.75, 3.05) is 39.3 Å². The maximum absolute atomic E-state index is 13.6. The molecule has 0 spiro atoms. The summed E-state index contributed by atoms with van der Waals surface area (Å²) in [4.78, 5) is 24.0. The third-order valence-electron chi connectivity index (χ3n) is 3.58. The van der Waals surface area contributed by atoms with Crippen LogP contribution in [0.4, 0.5) is 14.5 Å². The first-order valence-electron chi connectivity index (χ1n) is 8.27. The molecule has 2 rings (SSSR count). The number of halogens is 2. The van der Waals surface area contributed by atoms with E-state index in [4.69, 9.17) is 14.2 Å². The Labute approximate surface area is 160 Å². The highest BCUT2D eigenvalue weighted by Gasteiger charge is 2.14. The second kappa shape index (κ2) is 10.2. The fraction of sp³-hybridized carbons (Fsp3) is 0.263. The van der Waals surface area contributed by atoms with Gasteiger partial charge in [-0.3, -0.25) is 9.59 Å². The Morgan fingerprint density at radius 2 is 1.79 bits per heavy atom. The van der Waals surface area contributed by atoms with E-state index in [2.05, 4.69) is 10.6 Å². The third-order valence-corrected chi connectivity index (χ3v) is 3.58. The number of amides is 2. The highest BCUT2D eigenvalue weighted by Crippen LogP contribution is 2.30. The lowest BCUT2D eigenvalue weighted by Crippen LogP contribution is -2.33. The molecule has 0 aliphatic heterocycles. The third kappa shape index (κ3) is 5.92. The molecule has 2 aromatic rings. The summed E-state index contributed by atoms with van der Waals surface area (Å²) in [7, 11) is 3.03. The van der Waals surface area contributed by atoms with E-state index in [1.165, 1.54) is 7.11 Å². The van der Waals surface area contributed by atoms with E-state index in [0.29, 0.717) is 36.5 Å². The number of carbonyl (C=O) groups is 2. The molecule has 7 nitrogen and oxygen atoms in total. The normalized spacial score (nSPS) is 10.3. The van der Waals surface area contributed by atoms with Crippen LogP contribution < -0.4 is 20.1 Å². The Balaban J connectivity index is 1.94. The molecule has 0 saturated heterocycles. The van der Waals surface area contributed by atoms with Gasteiger partial charge in [0.25, 0.3) is 5.91 Å². The molecule has 2 amide bonds. The van der Waals surface area contributed by atoms with Gasteiger partial charge in [-0.25, -0.2) is 8.78 Å². The van der Waals surface area contributed by atoms with Gasteiger partial charge >= 0.3 is 0 Å². The zero-order chi connectivity index (χ0) is 20.5. The van der Waals surface area contributed by atoms with Gasteiger partial charge in [0.15, 0.2) is 11.5 Å². The van der Waals surface area contributed by atoms with Crippen LogP contribution in [-0.2, 0) is 9.53 Å². The summed E-state index contributed by atoms with van der Waals surface area (Å²) in [5.41, 5.74) is 0.0629. The van der Waals surface area contributed by atoms with Crippen molar-refractivity contribution >= 4 is 17.5 Å². The van der Waals surface area contributed by atoms with Gasteiger partial charge in [-0.2, -0.15) is 0 Å². The number of hydrogen-bond acceptors (Lipinski definition) is 5. The van der Waals surface area contributed by atoms with Crippen molar-refractivity contribution in [1.82, 2.24) is 5.32 Å². The molecule has 0 radical (unpaired) electrons. The first kappa shape index (κ1) is 21.1. The van der Waals surface area contributed by atoms with E-state index >= 15 is 0 Å². The molecule has 2 aromatic carbocycles. The number of anilines is 1. The molecular weight excluding hydrogens is 374 g/mol. The standard InChI is InChI=1S/C19H20F2N2O5/c1-26-7-8-28-17-10-13(4-6-16(17)27-2)23-18(24)11-22-19(25)14-5-3-12(20)9-15(14)21/h3-6,9-10H,7-8,11H2,1-2H3,(H,22,25)(H,23,24). The summed E-state index contributed by atoms with van der Waals surface area (Å²) >= 11 is 0. The Hall–Kier alpha value is -3.20. The Morgan fingerprint density at radius 3 is 2.46 bits per heavy atom. The van der Waals surface area contributed by atoms with E-state index in [-0.39, 0.29) is 5.56 Å². The lowest BCUT2D eigenvalue weighted by Gasteiger charge is -2.13. The molecule has 0 saturated carbocycles. The number of benzene rings is 2. The van der Waals surface area contributed by atoms with Gasteiger partial charge in [0.1, 0.15) is 18.2 Å². The molecule has 9 heteroatoms. The highest BCUT2D eigenvalue weighted by atomic mass is 19.1. The fourth-order valence-corrected chi connectivity index (χ4v) is 2.24. The minimum atomic E-state index is -1.01. The van der Waals surface area contributed by atoms with Crippen molar-refractivity contribution in [3.63, 3.8) is 0 Å². The van der Waals surface area contributed by atoms with Crippen LogP contribution in [0, 0.1) is 11.6 Å². The molecule has 150 valence electrons. The van der Waals surface area contributed by atoms with Crippen molar-refractivity contribution in [3.05, 3.63) is 53.6 Å². The van der Waals surface area contributed by atoms with Crippen molar-refractivity contribution in [2.24, 2.45) is 0 Å². The fourth-order valence-electron chi connectivity index (χ4n) is 2.24. The SMILES string of the molecule is COCCOc1cc(NC(=O)CNC(=O)c2ccc(F)cc2F)ccc1OC. The Morgan fingerprint density at radius 1 is 1.00 bits per heavy atom. The van der Waals surface area contributed by atoms with Gasteiger partial charge in [0.05, 0.1) is 25.8 Å². The number of ether oxygens (including phenoxy) is 3. The molecule has 0 heterocycles. The van der Waals surface area contributed by atoms with Crippen LogP contribution in [0.3, 0.4) is 0 Å². The van der Waals surface area contributed by atoms with E-state index in [1.807, 2.05) is 0 Å². The van der Waals surface area contributed by atoms with Gasteiger partial charge in [-0.15, -0.1) is 0 Å². The summed E-state index contributed by atoms with van der Waals surface area (Å²) in [5, 5.41) is 4.85. The summed E-state index contributed by atoms with van der Waals surface area (Å²) in [6.45, 7) is 0.275. The smallest absolute Gasteiger partial charge is 0.254 e. The molecule has 0 aromatic heterocycles. The predicted molar refractivity (Wildman–Crippen MR) is 97.7 cm³/mol. The lowest BCUT2D eigenvalue weighted by molar-refractivity contribution is -0.115. The Bertz CT molecular complexity index is 845. The monoisotopic (exact) mass is 394 g/mol. The molecule has 0 aliphatic rings. The van der Waals surface area contributed by atoms with Gasteiger partial charge in [0, 0.05) is 24.9 Å². The molecule has 0 bridgehead atoms. The number of carbonyl (C=O) groups excluding carboxylic acids is 2. The highest BCUT2D eigenvalue weighted by molar-refractivity contribution is 5.99. The van der Waals surface area contributed by atoms with Crippen molar-refractivity contribution in [1.29, 1.82) is 0 Å². The van der Waals surface area contributed by atoms with Gasteiger partial charge < -0.3 is 24.8 Å². The minimum absolute atomic E-state index is 0.295. The topological polar surface area (TPSA) is 85.9 Å². The van der Waals surface area contributed by atoms with E-state index in [0.717, 1.165) is 12.1 Å². The number of rotatable bonds is 9. The predicted octanol–water partition coefficient (Wildman–Crippen LogP) is 2.37. The first-order chi connectivity index (χ1) is 13.4. The number of nitrogens with one attached hydrogen (secondary N) is 2. The van der Waals surface area contributed by atoms with Crippen LogP contribution in [0.1, 0.15) is 10.4 Å². The minimum Gasteiger partial charge on any atom is -0.493 e.